The maximum absolute atomic E-state index is 6.37. The van der Waals surface area contributed by atoms with Crippen molar-refractivity contribution in [3.05, 3.63) is 121 Å². The Labute approximate surface area is 211 Å². The van der Waals surface area contributed by atoms with Gasteiger partial charge in [0.15, 0.2) is 0 Å². The van der Waals surface area contributed by atoms with E-state index in [0.29, 0.717) is 0 Å². The largest absolute Gasteiger partial charge is 0.455 e. The first-order valence-corrected chi connectivity index (χ1v) is 13.1. The molecule has 168 valence electrons. The van der Waals surface area contributed by atoms with Crippen LogP contribution in [-0.4, -0.2) is 0 Å². The van der Waals surface area contributed by atoms with Gasteiger partial charge in [0.2, 0.25) is 0 Å². The molecule has 0 aliphatic carbocycles. The Morgan fingerprint density at radius 1 is 0.444 bits per heavy atom. The minimum atomic E-state index is 0.932. The summed E-state index contributed by atoms with van der Waals surface area (Å²) in [4.78, 5) is 0. The summed E-state index contributed by atoms with van der Waals surface area (Å²) in [6.07, 6.45) is 0. The molecule has 0 N–H and O–H groups in total. The summed E-state index contributed by atoms with van der Waals surface area (Å²) in [7, 11) is 0. The predicted molar refractivity (Wildman–Crippen MR) is 155 cm³/mol. The first-order valence-electron chi connectivity index (χ1n) is 12.2. The van der Waals surface area contributed by atoms with Crippen LogP contribution in [0, 0.1) is 0 Å². The lowest BCUT2D eigenvalue weighted by atomic mass is 9.86. The highest BCUT2D eigenvalue weighted by molar-refractivity contribution is 7.17. The van der Waals surface area contributed by atoms with Gasteiger partial charge in [-0.05, 0) is 79.5 Å². The highest BCUT2D eigenvalue weighted by atomic mass is 32.1. The lowest BCUT2D eigenvalue weighted by molar-refractivity contribution is 0.673. The van der Waals surface area contributed by atoms with E-state index in [0.717, 1.165) is 16.6 Å². The zero-order valence-electron chi connectivity index (χ0n) is 19.4. The van der Waals surface area contributed by atoms with Gasteiger partial charge in [-0.2, -0.15) is 0 Å². The highest BCUT2D eigenvalue weighted by Crippen LogP contribution is 2.45. The fraction of sp³-hybridized carbons (Fsp3) is 0. The Hall–Kier alpha value is -4.40. The summed E-state index contributed by atoms with van der Waals surface area (Å²) in [5, 5.41) is 10.7. The van der Waals surface area contributed by atoms with Crippen LogP contribution < -0.4 is 0 Å². The van der Waals surface area contributed by atoms with E-state index >= 15 is 0 Å². The Morgan fingerprint density at radius 3 is 1.78 bits per heavy atom. The zero-order chi connectivity index (χ0) is 23.6. The molecule has 0 amide bonds. The second-order valence-electron chi connectivity index (χ2n) is 9.29. The summed E-state index contributed by atoms with van der Waals surface area (Å²) in [5.74, 6) is 0. The van der Waals surface area contributed by atoms with Crippen LogP contribution in [0.2, 0.25) is 0 Å². The van der Waals surface area contributed by atoms with Crippen molar-refractivity contribution in [1.29, 1.82) is 0 Å². The van der Waals surface area contributed by atoms with Gasteiger partial charge in [0.05, 0.1) is 0 Å². The van der Waals surface area contributed by atoms with Crippen LogP contribution in [0.25, 0.3) is 75.8 Å². The Bertz CT molecular complexity index is 2040. The van der Waals surface area contributed by atoms with Crippen LogP contribution in [0.5, 0.6) is 0 Å². The molecule has 0 radical (unpaired) electrons. The summed E-state index contributed by atoms with van der Waals surface area (Å²) >= 11 is 1.75. The Balaban J connectivity index is 1.49. The van der Waals surface area contributed by atoms with E-state index in [-0.39, 0.29) is 0 Å². The topological polar surface area (TPSA) is 13.1 Å². The summed E-state index contributed by atoms with van der Waals surface area (Å²) in [6.45, 7) is 0. The minimum Gasteiger partial charge on any atom is -0.455 e. The molecular weight excluding hydrogens is 456 g/mol. The van der Waals surface area contributed by atoms with Gasteiger partial charge in [-0.25, -0.2) is 0 Å². The van der Waals surface area contributed by atoms with Crippen LogP contribution in [0.15, 0.2) is 125 Å². The van der Waals surface area contributed by atoms with E-state index in [1.54, 1.807) is 11.3 Å². The smallest absolute Gasteiger partial charge is 0.144 e. The number of hydrogen-bond acceptors (Lipinski definition) is 2. The van der Waals surface area contributed by atoms with E-state index in [1.807, 2.05) is 0 Å². The Kier molecular flexibility index (Phi) is 4.16. The number of furan rings is 1. The quantitative estimate of drug-likeness (QED) is 0.226. The van der Waals surface area contributed by atoms with E-state index in [4.69, 9.17) is 4.42 Å². The molecule has 2 aromatic heterocycles. The zero-order valence-corrected chi connectivity index (χ0v) is 20.2. The molecule has 0 aliphatic rings. The average molecular weight is 477 g/mol. The molecule has 0 saturated carbocycles. The molecule has 1 nitrogen and oxygen atoms in total. The number of rotatable bonds is 2. The third-order valence-electron chi connectivity index (χ3n) is 7.35. The van der Waals surface area contributed by atoms with Crippen molar-refractivity contribution in [1.82, 2.24) is 0 Å². The molecule has 0 aliphatic heterocycles. The van der Waals surface area contributed by atoms with Crippen molar-refractivity contribution in [3.63, 3.8) is 0 Å². The molecule has 0 fully saturated rings. The lowest BCUT2D eigenvalue weighted by Gasteiger charge is -2.17. The maximum Gasteiger partial charge on any atom is 0.144 e. The van der Waals surface area contributed by atoms with Crippen LogP contribution in [-0.2, 0) is 0 Å². The van der Waals surface area contributed by atoms with Gasteiger partial charge in [-0.1, -0.05) is 84.9 Å². The molecule has 0 saturated heterocycles. The molecular formula is C34H20OS. The number of benzene rings is 6. The number of fused-ring (bicyclic) bond motifs is 7. The minimum absolute atomic E-state index is 0.932. The second-order valence-corrected chi connectivity index (χ2v) is 10.2. The van der Waals surface area contributed by atoms with Crippen LogP contribution >= 0.6 is 11.3 Å². The van der Waals surface area contributed by atoms with E-state index < -0.39 is 0 Å². The molecule has 8 rings (SSSR count). The summed E-state index contributed by atoms with van der Waals surface area (Å²) in [5.41, 5.74) is 6.93. The fourth-order valence-corrected chi connectivity index (χ4v) is 6.57. The van der Waals surface area contributed by atoms with Gasteiger partial charge in [0.25, 0.3) is 0 Å². The van der Waals surface area contributed by atoms with Gasteiger partial charge in [0.1, 0.15) is 11.2 Å². The molecule has 36 heavy (non-hydrogen) atoms. The monoisotopic (exact) mass is 476 g/mol. The molecule has 0 spiro atoms. The third kappa shape index (κ3) is 2.76. The first-order chi connectivity index (χ1) is 17.9. The van der Waals surface area contributed by atoms with Crippen molar-refractivity contribution in [2.75, 3.05) is 0 Å². The molecule has 0 unspecified atom stereocenters. The Morgan fingerprint density at radius 2 is 1.08 bits per heavy atom. The standard InChI is InChI=1S/C34H20OS/c1-2-8-21(9-3-1)32-23-10-4-6-12-25(23)33(26-13-7-5-11-24(26)32)22-14-16-30-29(20-22)27-15-17-31-28(18-19-36-31)34(27)35-30/h1-20H. The van der Waals surface area contributed by atoms with Gasteiger partial charge in [-0.3, -0.25) is 0 Å². The van der Waals surface area contributed by atoms with Crippen molar-refractivity contribution < 1.29 is 4.42 Å². The van der Waals surface area contributed by atoms with Gasteiger partial charge >= 0.3 is 0 Å². The average Bonchev–Trinajstić information content (AvgIpc) is 3.56. The molecule has 0 atom stereocenters. The van der Waals surface area contributed by atoms with Gasteiger partial charge in [-0.15, -0.1) is 11.3 Å². The van der Waals surface area contributed by atoms with E-state index in [1.165, 1.54) is 59.3 Å². The van der Waals surface area contributed by atoms with Gasteiger partial charge < -0.3 is 4.42 Å². The summed E-state index contributed by atoms with van der Waals surface area (Å²) in [6, 6.07) is 41.6. The van der Waals surface area contributed by atoms with Crippen molar-refractivity contribution in [2.45, 2.75) is 0 Å². The molecule has 8 aromatic rings. The first kappa shape index (κ1) is 19.9. The SMILES string of the molecule is c1ccc(-c2c3ccccc3c(-c3ccc4oc5c6ccsc6ccc5c4c3)c3ccccc23)cc1. The predicted octanol–water partition coefficient (Wildman–Crippen LogP) is 10.4. The third-order valence-corrected chi connectivity index (χ3v) is 8.23. The van der Waals surface area contributed by atoms with Crippen molar-refractivity contribution >= 4 is 64.9 Å². The van der Waals surface area contributed by atoms with Crippen LogP contribution in [0.3, 0.4) is 0 Å². The highest BCUT2D eigenvalue weighted by Gasteiger charge is 2.18. The van der Waals surface area contributed by atoms with Crippen LogP contribution in [0.1, 0.15) is 0 Å². The normalized spacial score (nSPS) is 11.9. The maximum atomic E-state index is 6.37. The van der Waals surface area contributed by atoms with Crippen molar-refractivity contribution in [3.8, 4) is 22.3 Å². The molecule has 2 heterocycles. The number of thiophene rings is 1. The molecule has 6 aromatic carbocycles. The lowest BCUT2D eigenvalue weighted by Crippen LogP contribution is -1.90. The summed E-state index contributed by atoms with van der Waals surface area (Å²) < 4.78 is 7.63. The fourth-order valence-electron chi connectivity index (χ4n) is 5.79. The van der Waals surface area contributed by atoms with E-state index in [2.05, 4.69) is 121 Å². The second kappa shape index (κ2) is 7.55. The van der Waals surface area contributed by atoms with E-state index in [9.17, 15) is 0 Å². The number of hydrogen-bond donors (Lipinski definition) is 0. The molecule has 0 bridgehead atoms. The molecule has 2 heteroatoms. The van der Waals surface area contributed by atoms with Crippen LogP contribution in [0.4, 0.5) is 0 Å². The van der Waals surface area contributed by atoms with Gasteiger partial charge in [0, 0.05) is 20.9 Å². The van der Waals surface area contributed by atoms with Crippen molar-refractivity contribution in [2.24, 2.45) is 0 Å².